The van der Waals surface area contributed by atoms with E-state index in [1.54, 1.807) is 7.11 Å². The quantitative estimate of drug-likeness (QED) is 0.343. The van der Waals surface area contributed by atoms with Gasteiger partial charge in [-0.15, -0.1) is 0 Å². The van der Waals surface area contributed by atoms with Crippen molar-refractivity contribution in [2.75, 3.05) is 45.2 Å². The molecule has 0 bridgehead atoms. The lowest BCUT2D eigenvalue weighted by molar-refractivity contribution is 0.193. The molecule has 0 saturated heterocycles. The molecule has 0 aliphatic carbocycles. The first-order chi connectivity index (χ1) is 14.2. The molecule has 1 aromatic heterocycles. The molecular formula is C23H30ClN3O2. The number of halogens is 1. The molecule has 2 N–H and O–H groups in total. The minimum atomic E-state index is 0.206. The highest BCUT2D eigenvalue weighted by Crippen LogP contribution is 2.34. The Morgan fingerprint density at radius 1 is 1.03 bits per heavy atom. The van der Waals surface area contributed by atoms with Crippen LogP contribution in [0.25, 0.3) is 21.8 Å². The summed E-state index contributed by atoms with van der Waals surface area (Å²) in [5.41, 5.74) is 2.85. The van der Waals surface area contributed by atoms with Crippen molar-refractivity contribution in [1.29, 1.82) is 0 Å². The Morgan fingerprint density at radius 3 is 2.62 bits per heavy atom. The van der Waals surface area contributed by atoms with Crippen LogP contribution in [-0.2, 0) is 0 Å². The van der Waals surface area contributed by atoms with Crippen LogP contribution in [0.5, 0.6) is 5.75 Å². The molecule has 5 nitrogen and oxygen atoms in total. The van der Waals surface area contributed by atoms with Gasteiger partial charge in [0, 0.05) is 28.9 Å². The number of pyridine rings is 1. The third-order valence-electron chi connectivity index (χ3n) is 5.14. The fraction of sp³-hybridized carbons (Fsp3) is 0.435. The second-order valence-electron chi connectivity index (χ2n) is 7.23. The highest BCUT2D eigenvalue weighted by atomic mass is 35.5. The predicted octanol–water partition coefficient (Wildman–Crippen LogP) is 4.95. The zero-order valence-corrected chi connectivity index (χ0v) is 18.0. The van der Waals surface area contributed by atoms with Crippen LogP contribution in [0, 0.1) is 0 Å². The number of fused-ring (bicyclic) bond motifs is 2. The highest BCUT2D eigenvalue weighted by Gasteiger charge is 2.11. The van der Waals surface area contributed by atoms with Gasteiger partial charge in [-0.2, -0.15) is 0 Å². The van der Waals surface area contributed by atoms with Gasteiger partial charge in [-0.1, -0.05) is 24.9 Å². The number of unbranched alkanes of at least 4 members (excludes halogenated alkanes) is 1. The molecule has 0 fully saturated rings. The van der Waals surface area contributed by atoms with Crippen LogP contribution < -0.4 is 10.1 Å². The van der Waals surface area contributed by atoms with Crippen molar-refractivity contribution >= 4 is 39.1 Å². The smallest absolute Gasteiger partial charge is 0.119 e. The summed E-state index contributed by atoms with van der Waals surface area (Å²) >= 11 is 6.20. The number of aliphatic hydroxyl groups is 1. The van der Waals surface area contributed by atoms with E-state index >= 15 is 0 Å². The standard InChI is InChI=1S/C23H30ClN3O2/c1-3-4-11-27(13-14-28)12-5-10-25-23-19-8-6-17(24)15-22(19)26-21-9-7-18(29-2)16-20(21)23/h6-9,15-16,28H,3-5,10-14H2,1-2H3,(H,25,26). The number of hydrogen-bond acceptors (Lipinski definition) is 5. The molecule has 29 heavy (non-hydrogen) atoms. The van der Waals surface area contributed by atoms with Gasteiger partial charge in [0.1, 0.15) is 5.75 Å². The van der Waals surface area contributed by atoms with E-state index < -0.39 is 0 Å². The van der Waals surface area contributed by atoms with Crippen LogP contribution >= 0.6 is 11.6 Å². The first-order valence-corrected chi connectivity index (χ1v) is 10.7. The molecule has 6 heteroatoms. The molecule has 0 aliphatic rings. The molecule has 0 radical (unpaired) electrons. The minimum Gasteiger partial charge on any atom is -0.497 e. The van der Waals surface area contributed by atoms with Crippen molar-refractivity contribution in [1.82, 2.24) is 9.88 Å². The Hall–Kier alpha value is -2.08. The van der Waals surface area contributed by atoms with Gasteiger partial charge in [-0.05, 0) is 62.3 Å². The zero-order chi connectivity index (χ0) is 20.6. The summed E-state index contributed by atoms with van der Waals surface area (Å²) in [6.45, 7) is 5.96. The summed E-state index contributed by atoms with van der Waals surface area (Å²) in [4.78, 5) is 7.10. The summed E-state index contributed by atoms with van der Waals surface area (Å²) in [5, 5.41) is 15.7. The summed E-state index contributed by atoms with van der Waals surface area (Å²) in [6.07, 6.45) is 3.32. The number of benzene rings is 2. The molecule has 0 aliphatic heterocycles. The maximum atomic E-state index is 9.29. The van der Waals surface area contributed by atoms with E-state index in [0.717, 1.165) is 72.3 Å². The van der Waals surface area contributed by atoms with Gasteiger partial charge in [0.2, 0.25) is 0 Å². The normalized spacial score (nSPS) is 11.5. The van der Waals surface area contributed by atoms with Crippen LogP contribution in [0.15, 0.2) is 36.4 Å². The lowest BCUT2D eigenvalue weighted by Gasteiger charge is -2.21. The SMILES string of the molecule is CCCCN(CCO)CCCNc1c2ccc(Cl)cc2nc2ccc(OC)cc12. The van der Waals surface area contributed by atoms with Crippen LogP contribution in [0.1, 0.15) is 26.2 Å². The Kier molecular flexibility index (Phi) is 7.92. The molecule has 0 amide bonds. The Bertz CT molecular complexity index is 948. The van der Waals surface area contributed by atoms with E-state index in [1.807, 2.05) is 36.4 Å². The first kappa shape index (κ1) is 21.6. The van der Waals surface area contributed by atoms with Gasteiger partial charge < -0.3 is 20.1 Å². The number of nitrogens with zero attached hydrogens (tertiary/aromatic N) is 2. The fourth-order valence-electron chi connectivity index (χ4n) is 3.59. The zero-order valence-electron chi connectivity index (χ0n) is 17.2. The average Bonchev–Trinajstić information content (AvgIpc) is 2.73. The predicted molar refractivity (Wildman–Crippen MR) is 122 cm³/mol. The maximum absolute atomic E-state index is 9.29. The van der Waals surface area contributed by atoms with E-state index in [2.05, 4.69) is 17.1 Å². The lowest BCUT2D eigenvalue weighted by Crippen LogP contribution is -2.30. The van der Waals surface area contributed by atoms with Gasteiger partial charge in [-0.3, -0.25) is 0 Å². The third kappa shape index (κ3) is 5.50. The first-order valence-electron chi connectivity index (χ1n) is 10.3. The minimum absolute atomic E-state index is 0.206. The largest absolute Gasteiger partial charge is 0.497 e. The van der Waals surface area contributed by atoms with Crippen molar-refractivity contribution in [2.45, 2.75) is 26.2 Å². The fourth-order valence-corrected chi connectivity index (χ4v) is 3.75. The van der Waals surface area contributed by atoms with Crippen molar-refractivity contribution < 1.29 is 9.84 Å². The van der Waals surface area contributed by atoms with Crippen LogP contribution in [0.2, 0.25) is 5.02 Å². The molecule has 0 saturated carbocycles. The van der Waals surface area contributed by atoms with Gasteiger partial charge >= 0.3 is 0 Å². The second kappa shape index (κ2) is 10.6. The van der Waals surface area contributed by atoms with Gasteiger partial charge in [-0.25, -0.2) is 4.98 Å². The molecule has 3 rings (SSSR count). The van der Waals surface area contributed by atoms with E-state index in [-0.39, 0.29) is 6.61 Å². The van der Waals surface area contributed by atoms with Crippen molar-refractivity contribution in [3.63, 3.8) is 0 Å². The van der Waals surface area contributed by atoms with Gasteiger partial charge in [0.25, 0.3) is 0 Å². The van der Waals surface area contributed by atoms with Crippen LogP contribution in [0.3, 0.4) is 0 Å². The summed E-state index contributed by atoms with van der Waals surface area (Å²) in [6, 6.07) is 11.8. The summed E-state index contributed by atoms with van der Waals surface area (Å²) in [5.74, 6) is 0.810. The molecule has 0 atom stereocenters. The van der Waals surface area contributed by atoms with Crippen molar-refractivity contribution in [3.05, 3.63) is 41.4 Å². The molecule has 0 unspecified atom stereocenters. The number of aliphatic hydroxyl groups excluding tert-OH is 1. The van der Waals surface area contributed by atoms with Crippen molar-refractivity contribution in [2.24, 2.45) is 0 Å². The van der Waals surface area contributed by atoms with Crippen LogP contribution in [0.4, 0.5) is 5.69 Å². The van der Waals surface area contributed by atoms with Gasteiger partial charge in [0.15, 0.2) is 0 Å². The van der Waals surface area contributed by atoms with Crippen molar-refractivity contribution in [3.8, 4) is 5.75 Å². The van der Waals surface area contributed by atoms with Crippen LogP contribution in [-0.4, -0.2) is 54.9 Å². The number of nitrogens with one attached hydrogen (secondary N) is 1. The summed E-state index contributed by atoms with van der Waals surface area (Å²) < 4.78 is 5.42. The Morgan fingerprint density at radius 2 is 1.86 bits per heavy atom. The number of rotatable bonds is 11. The molecule has 3 aromatic rings. The molecule has 1 heterocycles. The molecule has 156 valence electrons. The Labute approximate surface area is 177 Å². The van der Waals surface area contributed by atoms with Gasteiger partial charge in [0.05, 0.1) is 30.4 Å². The molecule has 2 aromatic carbocycles. The lowest BCUT2D eigenvalue weighted by atomic mass is 10.1. The molecule has 0 spiro atoms. The van der Waals surface area contributed by atoms with E-state index in [1.165, 1.54) is 6.42 Å². The number of hydrogen-bond donors (Lipinski definition) is 2. The van der Waals surface area contributed by atoms with E-state index in [9.17, 15) is 5.11 Å². The van der Waals surface area contributed by atoms with E-state index in [0.29, 0.717) is 5.02 Å². The monoisotopic (exact) mass is 415 g/mol. The summed E-state index contributed by atoms with van der Waals surface area (Å²) in [7, 11) is 1.68. The van der Waals surface area contributed by atoms with E-state index in [4.69, 9.17) is 21.3 Å². The number of anilines is 1. The number of aromatic nitrogens is 1. The second-order valence-corrected chi connectivity index (χ2v) is 7.67. The number of methoxy groups -OCH3 is 1. The average molecular weight is 416 g/mol. The highest BCUT2D eigenvalue weighted by molar-refractivity contribution is 6.31. The number of ether oxygens (including phenoxy) is 1. The Balaban J connectivity index is 1.82. The topological polar surface area (TPSA) is 57.6 Å². The maximum Gasteiger partial charge on any atom is 0.119 e. The molecular weight excluding hydrogens is 386 g/mol. The third-order valence-corrected chi connectivity index (χ3v) is 5.38.